The summed E-state index contributed by atoms with van der Waals surface area (Å²) in [5, 5.41) is 4.45. The lowest BCUT2D eigenvalue weighted by Crippen LogP contribution is -2.38. The van der Waals surface area contributed by atoms with Crippen LogP contribution in [0.4, 0.5) is 15.8 Å². The van der Waals surface area contributed by atoms with Crippen molar-refractivity contribution in [1.29, 1.82) is 0 Å². The fraction of sp³-hybridized carbons (Fsp3) is 0.0556. The number of hydrogen-bond acceptors (Lipinski definition) is 4. The first-order valence-corrected chi connectivity index (χ1v) is 10.4. The van der Waals surface area contributed by atoms with Gasteiger partial charge in [-0.25, -0.2) is 12.8 Å². The molecule has 2 aromatic carbocycles. The van der Waals surface area contributed by atoms with E-state index < -0.39 is 28.3 Å². The Morgan fingerprint density at radius 2 is 1.78 bits per heavy atom. The molecule has 0 saturated heterocycles. The quantitative estimate of drug-likeness (QED) is 0.638. The summed E-state index contributed by atoms with van der Waals surface area (Å²) in [7, 11) is -4.11. The van der Waals surface area contributed by atoms with Gasteiger partial charge >= 0.3 is 0 Å². The van der Waals surface area contributed by atoms with E-state index in [4.69, 9.17) is 11.6 Å². The maximum Gasteiger partial charge on any atom is 0.274 e. The van der Waals surface area contributed by atoms with Gasteiger partial charge in [-0.05, 0) is 35.7 Å². The molecule has 0 bridgehead atoms. The molecule has 0 aliphatic rings. The number of carbonyl (C=O) groups is 1. The summed E-state index contributed by atoms with van der Waals surface area (Å²) in [4.78, 5) is 12.5. The Labute approximate surface area is 165 Å². The van der Waals surface area contributed by atoms with Crippen LogP contribution in [0.25, 0.3) is 0 Å². The largest absolute Gasteiger partial charge is 0.323 e. The molecule has 0 aliphatic carbocycles. The van der Waals surface area contributed by atoms with Gasteiger partial charge in [-0.15, -0.1) is 11.3 Å². The van der Waals surface area contributed by atoms with Crippen molar-refractivity contribution in [3.63, 3.8) is 0 Å². The zero-order valence-electron chi connectivity index (χ0n) is 13.8. The summed E-state index contributed by atoms with van der Waals surface area (Å²) < 4.78 is 41.0. The van der Waals surface area contributed by atoms with Gasteiger partial charge in [0.15, 0.2) is 0 Å². The molecule has 140 valence electrons. The number of anilines is 2. The SMILES string of the molecule is O=C(CN(c1ccccc1F)S(=O)(=O)c1cccs1)Nc1ccccc1Cl. The number of nitrogens with zero attached hydrogens (tertiary/aromatic N) is 1. The van der Waals surface area contributed by atoms with E-state index >= 15 is 0 Å². The zero-order valence-corrected chi connectivity index (χ0v) is 16.2. The van der Waals surface area contributed by atoms with Crippen molar-refractivity contribution in [2.24, 2.45) is 0 Å². The van der Waals surface area contributed by atoms with Crippen LogP contribution in [-0.4, -0.2) is 20.9 Å². The molecule has 9 heteroatoms. The molecule has 0 unspecified atom stereocenters. The van der Waals surface area contributed by atoms with E-state index in [1.165, 1.54) is 24.3 Å². The van der Waals surface area contributed by atoms with Crippen LogP contribution in [0.1, 0.15) is 0 Å². The molecule has 3 rings (SSSR count). The van der Waals surface area contributed by atoms with Crippen molar-refractivity contribution in [2.45, 2.75) is 4.21 Å². The standard InChI is InChI=1S/C18H14ClFN2O3S2/c19-13-6-1-3-8-15(13)21-17(23)12-22(16-9-4-2-7-14(16)20)27(24,25)18-10-5-11-26-18/h1-11H,12H2,(H,21,23). The first-order chi connectivity index (χ1) is 12.9. The molecule has 0 saturated carbocycles. The summed E-state index contributed by atoms with van der Waals surface area (Å²) in [5.41, 5.74) is 0.131. The third-order valence-corrected chi connectivity index (χ3v) is 7.06. The summed E-state index contributed by atoms with van der Waals surface area (Å²) in [5.74, 6) is -1.39. The normalized spacial score (nSPS) is 11.2. The molecule has 0 spiro atoms. The second-order valence-electron chi connectivity index (χ2n) is 5.42. The Morgan fingerprint density at radius 3 is 2.44 bits per heavy atom. The van der Waals surface area contributed by atoms with Gasteiger partial charge in [0, 0.05) is 0 Å². The fourth-order valence-corrected chi connectivity index (χ4v) is 5.07. The van der Waals surface area contributed by atoms with Gasteiger partial charge in [0.25, 0.3) is 10.0 Å². The number of rotatable bonds is 6. The fourth-order valence-electron chi connectivity index (χ4n) is 2.36. The molecule has 0 aliphatic heterocycles. The first-order valence-electron chi connectivity index (χ1n) is 7.75. The van der Waals surface area contributed by atoms with Crippen LogP contribution in [0.5, 0.6) is 0 Å². The van der Waals surface area contributed by atoms with Gasteiger partial charge in [0.05, 0.1) is 16.4 Å². The Bertz CT molecular complexity index is 1060. The van der Waals surface area contributed by atoms with E-state index in [2.05, 4.69) is 5.32 Å². The highest BCUT2D eigenvalue weighted by Crippen LogP contribution is 2.28. The van der Waals surface area contributed by atoms with Gasteiger partial charge in [-0.3, -0.25) is 9.10 Å². The van der Waals surface area contributed by atoms with Crippen molar-refractivity contribution in [3.8, 4) is 0 Å². The highest BCUT2D eigenvalue weighted by Gasteiger charge is 2.30. The van der Waals surface area contributed by atoms with E-state index in [9.17, 15) is 17.6 Å². The summed E-state index contributed by atoms with van der Waals surface area (Å²) in [6.45, 7) is -0.605. The smallest absolute Gasteiger partial charge is 0.274 e. The number of sulfonamides is 1. The van der Waals surface area contributed by atoms with Crippen molar-refractivity contribution < 1.29 is 17.6 Å². The highest BCUT2D eigenvalue weighted by atomic mass is 35.5. The number of halogens is 2. The van der Waals surface area contributed by atoms with E-state index in [-0.39, 0.29) is 9.90 Å². The summed E-state index contributed by atoms with van der Waals surface area (Å²) in [6.07, 6.45) is 0. The molecule has 0 fully saturated rings. The first kappa shape index (κ1) is 19.3. The average molecular weight is 425 g/mol. The minimum Gasteiger partial charge on any atom is -0.323 e. The zero-order chi connectivity index (χ0) is 19.4. The van der Waals surface area contributed by atoms with Crippen LogP contribution in [0, 0.1) is 5.82 Å². The van der Waals surface area contributed by atoms with E-state index in [1.54, 1.807) is 35.7 Å². The number of nitrogens with one attached hydrogen (secondary N) is 1. The van der Waals surface area contributed by atoms with Crippen molar-refractivity contribution in [1.82, 2.24) is 0 Å². The molecule has 0 radical (unpaired) electrons. The summed E-state index contributed by atoms with van der Waals surface area (Å²) in [6, 6.07) is 14.9. The number of para-hydroxylation sites is 2. The van der Waals surface area contributed by atoms with Crippen LogP contribution in [-0.2, 0) is 14.8 Å². The topological polar surface area (TPSA) is 66.5 Å². The monoisotopic (exact) mass is 424 g/mol. The Balaban J connectivity index is 1.95. The highest BCUT2D eigenvalue weighted by molar-refractivity contribution is 7.94. The van der Waals surface area contributed by atoms with Gasteiger partial charge in [0.2, 0.25) is 5.91 Å². The minimum absolute atomic E-state index is 0.0105. The van der Waals surface area contributed by atoms with Crippen molar-refractivity contribution >= 4 is 50.2 Å². The van der Waals surface area contributed by atoms with Gasteiger partial charge in [-0.1, -0.05) is 41.9 Å². The predicted octanol–water partition coefficient (Wildman–Crippen LogP) is 4.37. The van der Waals surface area contributed by atoms with Crippen LogP contribution in [0.15, 0.2) is 70.3 Å². The van der Waals surface area contributed by atoms with Crippen LogP contribution in [0.3, 0.4) is 0 Å². The maximum absolute atomic E-state index is 14.3. The molecular weight excluding hydrogens is 411 g/mol. The van der Waals surface area contributed by atoms with E-state index in [1.807, 2.05) is 0 Å². The van der Waals surface area contributed by atoms with Gasteiger partial charge in [-0.2, -0.15) is 0 Å². The molecule has 1 heterocycles. The Hall–Kier alpha value is -2.42. The number of carbonyl (C=O) groups excluding carboxylic acids is 1. The Morgan fingerprint density at radius 1 is 1.07 bits per heavy atom. The van der Waals surface area contributed by atoms with Crippen LogP contribution >= 0.6 is 22.9 Å². The molecule has 3 aromatic rings. The third kappa shape index (κ3) is 4.29. The molecular formula is C18H14ClFN2O3S2. The third-order valence-electron chi connectivity index (χ3n) is 3.60. The molecule has 5 nitrogen and oxygen atoms in total. The second-order valence-corrected chi connectivity index (χ2v) is 8.87. The number of thiophene rings is 1. The lowest BCUT2D eigenvalue weighted by molar-refractivity contribution is -0.114. The van der Waals surface area contributed by atoms with Gasteiger partial charge in [0.1, 0.15) is 16.6 Å². The molecule has 1 amide bonds. The minimum atomic E-state index is -4.11. The van der Waals surface area contributed by atoms with Crippen LogP contribution in [0.2, 0.25) is 5.02 Å². The maximum atomic E-state index is 14.3. The van der Waals surface area contributed by atoms with Gasteiger partial charge < -0.3 is 5.32 Å². The molecule has 0 atom stereocenters. The average Bonchev–Trinajstić information content (AvgIpc) is 3.18. The molecule has 1 N–H and O–H groups in total. The summed E-state index contributed by atoms with van der Waals surface area (Å²) >= 11 is 7.00. The van der Waals surface area contributed by atoms with E-state index in [0.29, 0.717) is 10.7 Å². The lowest BCUT2D eigenvalue weighted by Gasteiger charge is -2.23. The van der Waals surface area contributed by atoms with Crippen molar-refractivity contribution in [3.05, 3.63) is 76.9 Å². The Kier molecular flexibility index (Phi) is 5.79. The molecule has 27 heavy (non-hydrogen) atoms. The molecule has 1 aromatic heterocycles. The lowest BCUT2D eigenvalue weighted by atomic mass is 10.3. The number of benzene rings is 2. The van der Waals surface area contributed by atoms with Crippen LogP contribution < -0.4 is 9.62 Å². The van der Waals surface area contributed by atoms with E-state index in [0.717, 1.165) is 21.7 Å². The number of hydrogen-bond donors (Lipinski definition) is 1. The van der Waals surface area contributed by atoms with Crippen molar-refractivity contribution in [2.75, 3.05) is 16.2 Å². The second kappa shape index (κ2) is 8.08. The number of amides is 1. The predicted molar refractivity (Wildman–Crippen MR) is 105 cm³/mol.